The lowest BCUT2D eigenvalue weighted by Crippen LogP contribution is -1.85. The Kier molecular flexibility index (Phi) is 4.03. The topological polar surface area (TPSA) is 33.0 Å². The molecule has 0 amide bonds. The highest BCUT2D eigenvalue weighted by atomic mass is 32.1. The Labute approximate surface area is 117 Å². The molecule has 0 radical (unpaired) electrons. The van der Waals surface area contributed by atoms with Gasteiger partial charge in [-0.3, -0.25) is 0 Å². The second kappa shape index (κ2) is 5.73. The van der Waals surface area contributed by atoms with Crippen molar-refractivity contribution in [1.82, 2.24) is 0 Å². The van der Waals surface area contributed by atoms with Crippen LogP contribution in [0.15, 0.2) is 30.3 Å². The number of allylic oxidation sites excluding steroid dienone is 1. The number of nitriles is 1. The van der Waals surface area contributed by atoms with Crippen LogP contribution in [-0.2, 0) is 0 Å². The van der Waals surface area contributed by atoms with Gasteiger partial charge in [-0.15, -0.1) is 11.3 Å². The van der Waals surface area contributed by atoms with Crippen LogP contribution in [0.3, 0.4) is 0 Å². The zero-order chi connectivity index (χ0) is 13.8. The van der Waals surface area contributed by atoms with Crippen molar-refractivity contribution in [1.29, 1.82) is 5.26 Å². The fourth-order valence-electron chi connectivity index (χ4n) is 1.90. The van der Waals surface area contributed by atoms with Gasteiger partial charge in [0.05, 0.1) is 18.8 Å². The predicted molar refractivity (Wildman–Crippen MR) is 80.3 cm³/mol. The monoisotopic (exact) mass is 269 g/mol. The summed E-state index contributed by atoms with van der Waals surface area (Å²) in [5, 5.41) is 9.32. The van der Waals surface area contributed by atoms with Crippen molar-refractivity contribution in [3.8, 4) is 11.8 Å². The van der Waals surface area contributed by atoms with Crippen molar-refractivity contribution >= 4 is 23.0 Å². The van der Waals surface area contributed by atoms with Gasteiger partial charge in [0.1, 0.15) is 5.75 Å². The molecule has 1 heterocycles. The Morgan fingerprint density at radius 2 is 1.95 bits per heavy atom. The first-order valence-corrected chi connectivity index (χ1v) is 6.79. The van der Waals surface area contributed by atoms with E-state index in [1.165, 1.54) is 9.75 Å². The number of nitrogens with zero attached hydrogens (tertiary/aromatic N) is 1. The fraction of sp³-hybridized carbons (Fsp3) is 0.188. The van der Waals surface area contributed by atoms with E-state index in [1.807, 2.05) is 30.3 Å². The summed E-state index contributed by atoms with van der Waals surface area (Å²) in [6, 6.07) is 11.9. The molecular formula is C16H15NOS. The molecule has 0 fully saturated rings. The summed E-state index contributed by atoms with van der Waals surface area (Å²) in [6.45, 7) is 4.15. The molecule has 0 unspecified atom stereocenters. The predicted octanol–water partition coefficient (Wildman–Crippen LogP) is 4.44. The van der Waals surface area contributed by atoms with Crippen molar-refractivity contribution in [3.63, 3.8) is 0 Å². The first-order chi connectivity index (χ1) is 9.13. The second-order valence-corrected chi connectivity index (χ2v) is 5.73. The van der Waals surface area contributed by atoms with Gasteiger partial charge in [0.15, 0.2) is 0 Å². The van der Waals surface area contributed by atoms with E-state index in [2.05, 4.69) is 26.0 Å². The van der Waals surface area contributed by atoms with E-state index in [1.54, 1.807) is 18.4 Å². The maximum atomic E-state index is 9.32. The van der Waals surface area contributed by atoms with E-state index in [9.17, 15) is 5.26 Å². The maximum Gasteiger partial charge on any atom is 0.118 e. The molecule has 1 aromatic carbocycles. The molecule has 2 nitrogen and oxygen atoms in total. The summed E-state index contributed by atoms with van der Waals surface area (Å²) in [7, 11) is 1.63. The van der Waals surface area contributed by atoms with Crippen LogP contribution in [-0.4, -0.2) is 7.11 Å². The molecule has 0 N–H and O–H groups in total. The number of aryl methyl sites for hydroxylation is 2. The number of ether oxygens (including phenoxy) is 1. The molecule has 19 heavy (non-hydrogen) atoms. The van der Waals surface area contributed by atoms with E-state index >= 15 is 0 Å². The maximum absolute atomic E-state index is 9.32. The van der Waals surface area contributed by atoms with E-state index in [0.717, 1.165) is 16.9 Å². The van der Waals surface area contributed by atoms with Crippen LogP contribution in [0, 0.1) is 25.2 Å². The third kappa shape index (κ3) is 3.04. The molecule has 0 saturated heterocycles. The van der Waals surface area contributed by atoms with Crippen molar-refractivity contribution in [2.45, 2.75) is 13.8 Å². The van der Waals surface area contributed by atoms with Gasteiger partial charge in [-0.1, -0.05) is 0 Å². The molecule has 2 aromatic rings. The zero-order valence-electron chi connectivity index (χ0n) is 11.2. The minimum Gasteiger partial charge on any atom is -0.497 e. The average molecular weight is 269 g/mol. The Morgan fingerprint density at radius 3 is 2.42 bits per heavy atom. The molecule has 0 bridgehead atoms. The number of hydrogen-bond acceptors (Lipinski definition) is 3. The smallest absolute Gasteiger partial charge is 0.118 e. The number of hydrogen-bond donors (Lipinski definition) is 0. The van der Waals surface area contributed by atoms with E-state index in [0.29, 0.717) is 5.57 Å². The van der Waals surface area contributed by atoms with Crippen molar-refractivity contribution in [3.05, 3.63) is 51.2 Å². The quantitative estimate of drug-likeness (QED) is 0.772. The van der Waals surface area contributed by atoms with E-state index < -0.39 is 0 Å². The fourth-order valence-corrected chi connectivity index (χ4v) is 2.80. The molecule has 0 aliphatic heterocycles. The minimum absolute atomic E-state index is 0.670. The van der Waals surface area contributed by atoms with Crippen LogP contribution in [0.1, 0.15) is 20.9 Å². The highest BCUT2D eigenvalue weighted by molar-refractivity contribution is 7.12. The normalized spacial score (nSPS) is 11.2. The van der Waals surface area contributed by atoms with Crippen LogP contribution in [0.5, 0.6) is 5.75 Å². The number of methoxy groups -OCH3 is 1. The van der Waals surface area contributed by atoms with Crippen LogP contribution >= 0.6 is 11.3 Å². The van der Waals surface area contributed by atoms with Gasteiger partial charge in [0.25, 0.3) is 0 Å². The van der Waals surface area contributed by atoms with Crippen LogP contribution in [0.4, 0.5) is 0 Å². The molecule has 0 aliphatic carbocycles. The molecule has 0 spiro atoms. The van der Waals surface area contributed by atoms with E-state index in [-0.39, 0.29) is 0 Å². The summed E-state index contributed by atoms with van der Waals surface area (Å²) in [5.41, 5.74) is 2.70. The summed E-state index contributed by atoms with van der Waals surface area (Å²) in [6.07, 6.45) is 1.95. The summed E-state index contributed by atoms with van der Waals surface area (Å²) in [4.78, 5) is 2.49. The summed E-state index contributed by atoms with van der Waals surface area (Å²) in [5.74, 6) is 0.795. The lowest BCUT2D eigenvalue weighted by Gasteiger charge is -2.02. The van der Waals surface area contributed by atoms with Crippen molar-refractivity contribution < 1.29 is 4.74 Å². The molecule has 96 valence electrons. The second-order valence-electron chi connectivity index (χ2n) is 4.27. The van der Waals surface area contributed by atoms with Crippen LogP contribution < -0.4 is 4.74 Å². The van der Waals surface area contributed by atoms with Crippen LogP contribution in [0.25, 0.3) is 11.6 Å². The highest BCUT2D eigenvalue weighted by Gasteiger charge is 2.05. The standard InChI is InChI=1S/C16H15NOS/c1-11-8-14(12(2)19-11)9-15(10-17)13-4-6-16(18-3)7-5-13/h4-9H,1-3H3/b15-9-. The van der Waals surface area contributed by atoms with Crippen molar-refractivity contribution in [2.75, 3.05) is 7.11 Å². The van der Waals surface area contributed by atoms with Gasteiger partial charge in [0, 0.05) is 9.75 Å². The summed E-state index contributed by atoms with van der Waals surface area (Å²) < 4.78 is 5.12. The largest absolute Gasteiger partial charge is 0.497 e. The SMILES string of the molecule is COc1ccc(/C(C#N)=C\c2cc(C)sc2C)cc1. The highest BCUT2D eigenvalue weighted by Crippen LogP contribution is 2.26. The lowest BCUT2D eigenvalue weighted by molar-refractivity contribution is 0.415. The van der Waals surface area contributed by atoms with Gasteiger partial charge >= 0.3 is 0 Å². The molecule has 3 heteroatoms. The number of benzene rings is 1. The third-order valence-electron chi connectivity index (χ3n) is 2.90. The number of thiophene rings is 1. The molecule has 0 saturated carbocycles. The Bertz CT molecular complexity index is 644. The van der Waals surface area contributed by atoms with Gasteiger partial charge in [-0.05, 0) is 61.4 Å². The average Bonchev–Trinajstić information content (AvgIpc) is 2.74. The molecule has 1 aromatic heterocycles. The Morgan fingerprint density at radius 1 is 1.26 bits per heavy atom. The minimum atomic E-state index is 0.670. The molecule has 0 atom stereocenters. The first-order valence-electron chi connectivity index (χ1n) is 5.97. The number of rotatable bonds is 3. The third-order valence-corrected chi connectivity index (χ3v) is 3.88. The van der Waals surface area contributed by atoms with Gasteiger partial charge in [-0.25, -0.2) is 0 Å². The molecular weight excluding hydrogens is 254 g/mol. The van der Waals surface area contributed by atoms with E-state index in [4.69, 9.17) is 4.74 Å². The van der Waals surface area contributed by atoms with Gasteiger partial charge < -0.3 is 4.74 Å². The van der Waals surface area contributed by atoms with Crippen LogP contribution in [0.2, 0.25) is 0 Å². The lowest BCUT2D eigenvalue weighted by atomic mass is 10.0. The molecule has 2 rings (SSSR count). The van der Waals surface area contributed by atoms with Gasteiger partial charge in [0.2, 0.25) is 0 Å². The van der Waals surface area contributed by atoms with Crippen molar-refractivity contribution in [2.24, 2.45) is 0 Å². The summed E-state index contributed by atoms with van der Waals surface area (Å²) >= 11 is 1.75. The molecule has 0 aliphatic rings. The zero-order valence-corrected chi connectivity index (χ0v) is 12.0. The first kappa shape index (κ1) is 13.4. The van der Waals surface area contributed by atoms with Gasteiger partial charge in [-0.2, -0.15) is 5.26 Å². The Hall–Kier alpha value is -2.05. The Balaban J connectivity index is 2.39.